The summed E-state index contributed by atoms with van der Waals surface area (Å²) in [5.74, 6) is -0.0965. The Labute approximate surface area is 173 Å². The van der Waals surface area contributed by atoms with Gasteiger partial charge in [0.25, 0.3) is 5.91 Å². The van der Waals surface area contributed by atoms with Gasteiger partial charge in [0.1, 0.15) is 0 Å². The maximum atomic E-state index is 12.1. The lowest BCUT2D eigenvalue weighted by atomic mass is 10.2. The number of benzene rings is 2. The van der Waals surface area contributed by atoms with Gasteiger partial charge in [0.15, 0.2) is 0 Å². The fourth-order valence-corrected chi connectivity index (χ4v) is 3.59. The van der Waals surface area contributed by atoms with Crippen molar-refractivity contribution in [2.75, 3.05) is 32.7 Å². The van der Waals surface area contributed by atoms with Crippen LogP contribution in [0.15, 0.2) is 58.1 Å². The first kappa shape index (κ1) is 20.0. The summed E-state index contributed by atoms with van der Waals surface area (Å²) in [4.78, 5) is 16.6. The van der Waals surface area contributed by atoms with Gasteiger partial charge in [-0.1, -0.05) is 57.9 Å². The van der Waals surface area contributed by atoms with Crippen molar-refractivity contribution >= 4 is 39.7 Å². The molecule has 7 heteroatoms. The fourth-order valence-electron chi connectivity index (χ4n) is 2.98. The van der Waals surface area contributed by atoms with Crippen LogP contribution in [0.1, 0.15) is 11.1 Å². The summed E-state index contributed by atoms with van der Waals surface area (Å²) in [6.07, 6.45) is 1.64. The highest BCUT2D eigenvalue weighted by Gasteiger charge is 2.19. The van der Waals surface area contributed by atoms with Gasteiger partial charge in [0.05, 0.1) is 12.8 Å². The van der Waals surface area contributed by atoms with Crippen molar-refractivity contribution in [3.05, 3.63) is 69.2 Å². The third-order valence-corrected chi connectivity index (χ3v) is 5.30. The second-order valence-electron chi connectivity index (χ2n) is 6.49. The maximum Gasteiger partial charge on any atom is 0.254 e. The second kappa shape index (κ2) is 9.99. The van der Waals surface area contributed by atoms with Gasteiger partial charge < -0.3 is 0 Å². The first-order valence-electron chi connectivity index (χ1n) is 8.86. The van der Waals surface area contributed by atoms with Crippen LogP contribution in [0.2, 0.25) is 5.02 Å². The number of carbonyl (C=O) groups is 1. The van der Waals surface area contributed by atoms with Crippen molar-refractivity contribution in [1.29, 1.82) is 0 Å². The van der Waals surface area contributed by atoms with Gasteiger partial charge in [-0.05, 0) is 29.3 Å². The first-order chi connectivity index (χ1) is 13.1. The average Bonchev–Trinajstić information content (AvgIpc) is 2.65. The monoisotopic (exact) mass is 448 g/mol. The van der Waals surface area contributed by atoms with E-state index >= 15 is 0 Å². The summed E-state index contributed by atoms with van der Waals surface area (Å²) in [7, 11) is 0. The van der Waals surface area contributed by atoms with E-state index in [1.807, 2.05) is 42.5 Å². The largest absolute Gasteiger partial charge is 0.296 e. The fraction of sp³-hybridized carbons (Fsp3) is 0.300. The molecule has 1 amide bonds. The van der Waals surface area contributed by atoms with Crippen molar-refractivity contribution in [2.45, 2.75) is 6.54 Å². The SMILES string of the molecule is O=C(CN1CCN(Cc2ccccc2Cl)CC1)N/N=C\c1cccc(Br)c1. The number of nitrogens with one attached hydrogen (secondary N) is 1. The third kappa shape index (κ3) is 6.43. The molecule has 0 bridgehead atoms. The van der Waals surface area contributed by atoms with Crippen LogP contribution in [0, 0.1) is 0 Å². The van der Waals surface area contributed by atoms with E-state index in [-0.39, 0.29) is 5.91 Å². The molecule has 1 aliphatic heterocycles. The first-order valence-corrected chi connectivity index (χ1v) is 10.0. The third-order valence-electron chi connectivity index (χ3n) is 4.44. The molecule has 0 atom stereocenters. The average molecular weight is 450 g/mol. The highest BCUT2D eigenvalue weighted by molar-refractivity contribution is 9.10. The van der Waals surface area contributed by atoms with Gasteiger partial charge in [-0.2, -0.15) is 5.10 Å². The molecule has 1 N–H and O–H groups in total. The van der Waals surface area contributed by atoms with Crippen LogP contribution in [0.25, 0.3) is 0 Å². The predicted molar refractivity (Wildman–Crippen MR) is 113 cm³/mol. The van der Waals surface area contributed by atoms with Crippen LogP contribution in [0.4, 0.5) is 0 Å². The number of hydrazone groups is 1. The molecule has 27 heavy (non-hydrogen) atoms. The molecule has 0 radical (unpaired) electrons. The topological polar surface area (TPSA) is 47.9 Å². The van der Waals surface area contributed by atoms with E-state index < -0.39 is 0 Å². The molecule has 0 saturated carbocycles. The van der Waals surface area contributed by atoms with Gasteiger partial charge in [-0.25, -0.2) is 5.43 Å². The van der Waals surface area contributed by atoms with E-state index in [2.05, 4.69) is 42.3 Å². The Hall–Kier alpha value is -1.73. The lowest BCUT2D eigenvalue weighted by molar-refractivity contribution is -0.122. The minimum Gasteiger partial charge on any atom is -0.296 e. The summed E-state index contributed by atoms with van der Waals surface area (Å²) in [6.45, 7) is 4.74. The number of rotatable bonds is 6. The number of amides is 1. The minimum atomic E-state index is -0.0965. The molecular formula is C20H22BrClN4O. The van der Waals surface area contributed by atoms with Crippen LogP contribution < -0.4 is 5.43 Å². The van der Waals surface area contributed by atoms with E-state index in [1.54, 1.807) is 6.21 Å². The van der Waals surface area contributed by atoms with Crippen molar-refractivity contribution in [1.82, 2.24) is 15.2 Å². The number of hydrogen-bond acceptors (Lipinski definition) is 4. The number of carbonyl (C=O) groups excluding carboxylic acids is 1. The summed E-state index contributed by atoms with van der Waals surface area (Å²) in [5, 5.41) is 4.84. The van der Waals surface area contributed by atoms with Crippen LogP contribution >= 0.6 is 27.5 Å². The lowest BCUT2D eigenvalue weighted by Gasteiger charge is -2.34. The Bertz CT molecular complexity index is 806. The van der Waals surface area contributed by atoms with E-state index in [1.165, 1.54) is 0 Å². The zero-order valence-electron chi connectivity index (χ0n) is 14.9. The molecule has 5 nitrogen and oxygen atoms in total. The highest BCUT2D eigenvalue weighted by atomic mass is 79.9. The smallest absolute Gasteiger partial charge is 0.254 e. The maximum absolute atomic E-state index is 12.1. The Morgan fingerprint density at radius 2 is 1.85 bits per heavy atom. The molecule has 0 spiro atoms. The number of halogens is 2. The lowest BCUT2D eigenvalue weighted by Crippen LogP contribution is -2.48. The molecule has 0 aliphatic carbocycles. The standard InChI is InChI=1S/C20H22BrClN4O/c21-18-6-3-4-16(12-18)13-23-24-20(27)15-26-10-8-25(9-11-26)14-17-5-1-2-7-19(17)22/h1-7,12-13H,8-11,14-15H2,(H,24,27)/b23-13-. The van der Waals surface area contributed by atoms with E-state index in [0.717, 1.165) is 53.3 Å². The molecule has 1 saturated heterocycles. The quantitative estimate of drug-likeness (QED) is 0.543. The molecule has 1 aliphatic rings. The zero-order chi connectivity index (χ0) is 19.1. The van der Waals surface area contributed by atoms with Crippen molar-refractivity contribution in [2.24, 2.45) is 5.10 Å². The Morgan fingerprint density at radius 1 is 1.11 bits per heavy atom. The molecule has 0 unspecified atom stereocenters. The van der Waals surface area contributed by atoms with Crippen molar-refractivity contribution in [3.8, 4) is 0 Å². The molecular weight excluding hydrogens is 428 g/mol. The normalized spacial score (nSPS) is 15.9. The van der Waals surface area contributed by atoms with Crippen LogP contribution in [-0.4, -0.2) is 54.6 Å². The van der Waals surface area contributed by atoms with E-state index in [9.17, 15) is 4.79 Å². The van der Waals surface area contributed by atoms with Gasteiger partial charge in [-0.3, -0.25) is 14.6 Å². The predicted octanol–water partition coefficient (Wildman–Crippen LogP) is 3.37. The molecule has 3 rings (SSSR count). The van der Waals surface area contributed by atoms with E-state index in [0.29, 0.717) is 6.54 Å². The second-order valence-corrected chi connectivity index (χ2v) is 7.81. The molecule has 0 aromatic heterocycles. The molecule has 2 aromatic rings. The summed E-state index contributed by atoms with van der Waals surface area (Å²) in [5.41, 5.74) is 4.67. The van der Waals surface area contributed by atoms with Crippen LogP contribution in [0.5, 0.6) is 0 Å². The van der Waals surface area contributed by atoms with Crippen molar-refractivity contribution in [3.63, 3.8) is 0 Å². The summed E-state index contributed by atoms with van der Waals surface area (Å²) >= 11 is 9.65. The summed E-state index contributed by atoms with van der Waals surface area (Å²) in [6, 6.07) is 15.7. The number of piperazine rings is 1. The van der Waals surface area contributed by atoms with Gasteiger partial charge in [0.2, 0.25) is 0 Å². The Morgan fingerprint density at radius 3 is 2.59 bits per heavy atom. The van der Waals surface area contributed by atoms with Gasteiger partial charge >= 0.3 is 0 Å². The minimum absolute atomic E-state index is 0.0965. The molecule has 1 heterocycles. The van der Waals surface area contributed by atoms with Crippen LogP contribution in [0.3, 0.4) is 0 Å². The van der Waals surface area contributed by atoms with Crippen LogP contribution in [-0.2, 0) is 11.3 Å². The Balaban J connectivity index is 1.39. The number of nitrogens with zero attached hydrogens (tertiary/aromatic N) is 3. The highest BCUT2D eigenvalue weighted by Crippen LogP contribution is 2.17. The number of hydrogen-bond donors (Lipinski definition) is 1. The van der Waals surface area contributed by atoms with Gasteiger partial charge in [-0.15, -0.1) is 0 Å². The molecule has 142 valence electrons. The van der Waals surface area contributed by atoms with Crippen molar-refractivity contribution < 1.29 is 4.79 Å². The van der Waals surface area contributed by atoms with E-state index in [4.69, 9.17) is 11.6 Å². The van der Waals surface area contributed by atoms with Gasteiger partial charge in [0, 0.05) is 42.2 Å². The molecule has 2 aromatic carbocycles. The zero-order valence-corrected chi connectivity index (χ0v) is 17.3. The Kier molecular flexibility index (Phi) is 7.41. The summed E-state index contributed by atoms with van der Waals surface area (Å²) < 4.78 is 0.979. The molecule has 1 fully saturated rings.